The lowest BCUT2D eigenvalue weighted by molar-refractivity contribution is -0.124. The number of nitrogens with one attached hydrogen (secondary N) is 1. The first-order valence-corrected chi connectivity index (χ1v) is 9.22. The van der Waals surface area contributed by atoms with E-state index >= 15 is 0 Å². The first-order valence-electron chi connectivity index (χ1n) is 9.22. The van der Waals surface area contributed by atoms with Gasteiger partial charge in [-0.1, -0.05) is 37.1 Å². The van der Waals surface area contributed by atoms with Gasteiger partial charge < -0.3 is 19.2 Å². The molecule has 1 N–H and O–H groups in total. The number of nitrogens with zero attached hydrogens (tertiary/aromatic N) is 3. The molecule has 1 saturated heterocycles. The second-order valence-corrected chi connectivity index (χ2v) is 6.98. The summed E-state index contributed by atoms with van der Waals surface area (Å²) < 4.78 is 16.4. The van der Waals surface area contributed by atoms with E-state index in [1.165, 1.54) is 0 Å². The van der Waals surface area contributed by atoms with Gasteiger partial charge in [0.1, 0.15) is 0 Å². The van der Waals surface area contributed by atoms with Crippen LogP contribution in [0.15, 0.2) is 34.7 Å². The predicted octanol–water partition coefficient (Wildman–Crippen LogP) is 1.59. The summed E-state index contributed by atoms with van der Waals surface area (Å²) in [6.45, 7) is 8.16. The van der Waals surface area contributed by atoms with Crippen molar-refractivity contribution in [1.82, 2.24) is 20.4 Å². The van der Waals surface area contributed by atoms with Crippen molar-refractivity contribution in [3.8, 4) is 17.5 Å². The average molecular weight is 374 g/mol. The molecule has 1 aliphatic heterocycles. The number of hydrogen-bond acceptors (Lipinski definition) is 7. The maximum Gasteiger partial charge on any atom is 0.415 e. The van der Waals surface area contributed by atoms with Crippen LogP contribution >= 0.6 is 0 Å². The molecular weight excluding hydrogens is 348 g/mol. The first-order chi connectivity index (χ1) is 13.1. The molecule has 8 heteroatoms. The molecule has 0 radical (unpaired) electrons. The summed E-state index contributed by atoms with van der Waals surface area (Å²) in [6.07, 6.45) is -0.0319. The molecule has 1 atom stereocenters. The van der Waals surface area contributed by atoms with Crippen molar-refractivity contribution >= 4 is 5.91 Å². The normalized spacial score (nSPS) is 17.8. The number of carbonyl (C=O) groups excluding carboxylic acids is 1. The summed E-state index contributed by atoms with van der Waals surface area (Å²) in [5, 5.41) is 10.5. The van der Waals surface area contributed by atoms with Gasteiger partial charge in [0.05, 0.1) is 12.7 Å². The first kappa shape index (κ1) is 19.3. The minimum Gasteiger partial charge on any atom is -0.439 e. The Morgan fingerprint density at radius 3 is 2.93 bits per heavy atom. The number of morpholine rings is 1. The molecule has 0 bridgehead atoms. The highest BCUT2D eigenvalue weighted by Gasteiger charge is 2.21. The van der Waals surface area contributed by atoms with Gasteiger partial charge in [-0.25, -0.2) is 0 Å². The number of ether oxygens (including phenoxy) is 2. The molecule has 2 aromatic rings. The molecule has 0 aliphatic carbocycles. The van der Waals surface area contributed by atoms with Crippen molar-refractivity contribution < 1.29 is 18.7 Å². The van der Waals surface area contributed by atoms with E-state index in [1.54, 1.807) is 0 Å². The smallest absolute Gasteiger partial charge is 0.415 e. The van der Waals surface area contributed by atoms with E-state index in [0.29, 0.717) is 25.0 Å². The number of rotatable bonds is 8. The minimum absolute atomic E-state index is 0.00506. The van der Waals surface area contributed by atoms with Gasteiger partial charge in [0.2, 0.25) is 0 Å². The van der Waals surface area contributed by atoms with E-state index in [0.717, 1.165) is 25.2 Å². The van der Waals surface area contributed by atoms with Crippen LogP contribution in [0.4, 0.5) is 0 Å². The van der Waals surface area contributed by atoms with E-state index in [9.17, 15) is 4.79 Å². The molecular formula is C19H26N4O4. The van der Waals surface area contributed by atoms with Crippen molar-refractivity contribution in [3.63, 3.8) is 0 Å². The molecule has 2 heterocycles. The van der Waals surface area contributed by atoms with Gasteiger partial charge in [-0.2, -0.15) is 0 Å². The molecule has 1 aromatic carbocycles. The molecule has 3 rings (SSSR count). The molecule has 1 aromatic heterocycles. The topological polar surface area (TPSA) is 89.7 Å². The van der Waals surface area contributed by atoms with E-state index in [2.05, 4.69) is 34.3 Å². The molecule has 146 valence electrons. The Balaban J connectivity index is 1.39. The van der Waals surface area contributed by atoms with Gasteiger partial charge in [-0.05, 0) is 18.1 Å². The van der Waals surface area contributed by atoms with Crippen molar-refractivity contribution in [1.29, 1.82) is 0 Å². The van der Waals surface area contributed by atoms with Crippen LogP contribution in [0.25, 0.3) is 11.5 Å². The second-order valence-electron chi connectivity index (χ2n) is 6.98. The average Bonchev–Trinajstić information content (AvgIpc) is 3.14. The third-order valence-electron chi connectivity index (χ3n) is 4.13. The largest absolute Gasteiger partial charge is 0.439 e. The fraction of sp³-hybridized carbons (Fsp3) is 0.526. The van der Waals surface area contributed by atoms with Crippen LogP contribution < -0.4 is 10.1 Å². The summed E-state index contributed by atoms with van der Waals surface area (Å²) in [7, 11) is 0. The zero-order valence-corrected chi connectivity index (χ0v) is 15.8. The summed E-state index contributed by atoms with van der Waals surface area (Å²) in [5.41, 5.74) is 0.796. The number of benzene rings is 1. The Labute approximate surface area is 158 Å². The van der Waals surface area contributed by atoms with Crippen molar-refractivity contribution in [2.45, 2.75) is 20.0 Å². The highest BCUT2D eigenvalue weighted by Crippen LogP contribution is 2.20. The zero-order valence-electron chi connectivity index (χ0n) is 15.8. The number of carbonyl (C=O) groups is 1. The van der Waals surface area contributed by atoms with Crippen LogP contribution in [0.1, 0.15) is 13.8 Å². The van der Waals surface area contributed by atoms with Gasteiger partial charge in [0, 0.05) is 31.7 Å². The maximum absolute atomic E-state index is 12.0. The lowest BCUT2D eigenvalue weighted by Crippen LogP contribution is -2.48. The maximum atomic E-state index is 12.0. The number of hydrogen-bond donors (Lipinski definition) is 1. The highest BCUT2D eigenvalue weighted by atomic mass is 16.6. The van der Waals surface area contributed by atoms with E-state index in [4.69, 9.17) is 13.9 Å². The lowest BCUT2D eigenvalue weighted by Gasteiger charge is -2.33. The number of amides is 1. The molecule has 1 amide bonds. The fourth-order valence-corrected chi connectivity index (χ4v) is 2.96. The van der Waals surface area contributed by atoms with E-state index < -0.39 is 0 Å². The Hall–Kier alpha value is -2.45. The van der Waals surface area contributed by atoms with Crippen LogP contribution in [-0.2, 0) is 9.53 Å². The molecule has 1 fully saturated rings. The Bertz CT molecular complexity index is 720. The molecule has 0 spiro atoms. The van der Waals surface area contributed by atoms with E-state index in [1.807, 2.05) is 30.3 Å². The highest BCUT2D eigenvalue weighted by molar-refractivity contribution is 5.77. The van der Waals surface area contributed by atoms with Crippen molar-refractivity contribution in [3.05, 3.63) is 30.3 Å². The monoisotopic (exact) mass is 374 g/mol. The lowest BCUT2D eigenvalue weighted by atomic mass is 10.2. The second kappa shape index (κ2) is 9.48. The Kier molecular flexibility index (Phi) is 6.78. The summed E-state index contributed by atoms with van der Waals surface area (Å²) >= 11 is 0. The predicted molar refractivity (Wildman–Crippen MR) is 99.3 cm³/mol. The standard InChI is InChI=1S/C19H26N4O4/c1-14(2)11-23-8-9-25-16(12-23)10-20-17(24)13-26-19-22-21-18(27-19)15-6-4-3-5-7-15/h3-7,14,16H,8-13H2,1-2H3,(H,20,24). The van der Waals surface area contributed by atoms with Crippen molar-refractivity contribution in [2.75, 3.05) is 39.4 Å². The third-order valence-corrected chi connectivity index (χ3v) is 4.13. The van der Waals surface area contributed by atoms with Gasteiger partial charge in [-0.15, -0.1) is 5.10 Å². The van der Waals surface area contributed by atoms with Crippen molar-refractivity contribution in [2.24, 2.45) is 5.92 Å². The molecule has 1 unspecified atom stereocenters. The van der Waals surface area contributed by atoms with Crippen LogP contribution in [0, 0.1) is 5.92 Å². The SMILES string of the molecule is CC(C)CN1CCOC(CNC(=O)COc2nnc(-c3ccccc3)o2)C1. The van der Waals surface area contributed by atoms with Crippen LogP contribution in [0.2, 0.25) is 0 Å². The van der Waals surface area contributed by atoms with Gasteiger partial charge >= 0.3 is 6.08 Å². The Morgan fingerprint density at radius 2 is 2.15 bits per heavy atom. The number of aromatic nitrogens is 2. The van der Waals surface area contributed by atoms with Crippen LogP contribution in [0.3, 0.4) is 0 Å². The molecule has 27 heavy (non-hydrogen) atoms. The molecule has 8 nitrogen and oxygen atoms in total. The summed E-state index contributed by atoms with van der Waals surface area (Å²) in [5.74, 6) is 0.716. The summed E-state index contributed by atoms with van der Waals surface area (Å²) in [4.78, 5) is 14.4. The molecule has 0 saturated carbocycles. The van der Waals surface area contributed by atoms with Gasteiger partial charge in [0.25, 0.3) is 11.8 Å². The Morgan fingerprint density at radius 1 is 1.33 bits per heavy atom. The summed E-state index contributed by atoms with van der Waals surface area (Å²) in [6, 6.07) is 9.37. The third kappa shape index (κ3) is 6.04. The van der Waals surface area contributed by atoms with Crippen LogP contribution in [-0.4, -0.2) is 66.5 Å². The van der Waals surface area contributed by atoms with Gasteiger partial charge in [0.15, 0.2) is 6.61 Å². The zero-order chi connectivity index (χ0) is 19.1. The fourth-order valence-electron chi connectivity index (χ4n) is 2.96. The minimum atomic E-state index is -0.251. The quantitative estimate of drug-likeness (QED) is 0.750. The molecule has 1 aliphatic rings. The van der Waals surface area contributed by atoms with E-state index in [-0.39, 0.29) is 24.7 Å². The van der Waals surface area contributed by atoms with Gasteiger partial charge in [-0.3, -0.25) is 9.69 Å². The van der Waals surface area contributed by atoms with Crippen LogP contribution in [0.5, 0.6) is 6.08 Å².